The van der Waals surface area contributed by atoms with Crippen molar-refractivity contribution in [3.63, 3.8) is 0 Å². The maximum absolute atomic E-state index is 11.9. The SMILES string of the molecule is Nc1cc(Cl)cc(Cl)c1NC(=O)CCCSc1ncn[nH]1. The van der Waals surface area contributed by atoms with Crippen molar-refractivity contribution in [1.29, 1.82) is 0 Å². The van der Waals surface area contributed by atoms with Gasteiger partial charge in [0, 0.05) is 17.2 Å². The van der Waals surface area contributed by atoms with E-state index >= 15 is 0 Å². The minimum atomic E-state index is -0.149. The molecule has 21 heavy (non-hydrogen) atoms. The number of anilines is 2. The Balaban J connectivity index is 1.79. The highest BCUT2D eigenvalue weighted by Crippen LogP contribution is 2.32. The second-order valence-corrected chi connectivity index (χ2v) is 6.07. The summed E-state index contributed by atoms with van der Waals surface area (Å²) >= 11 is 13.3. The van der Waals surface area contributed by atoms with Crippen LogP contribution in [-0.4, -0.2) is 26.8 Å². The second kappa shape index (κ2) is 7.53. The molecule has 0 bridgehead atoms. The summed E-state index contributed by atoms with van der Waals surface area (Å²) in [6.07, 6.45) is 2.50. The zero-order valence-electron chi connectivity index (χ0n) is 10.9. The van der Waals surface area contributed by atoms with Gasteiger partial charge in [0.05, 0.1) is 16.4 Å². The van der Waals surface area contributed by atoms with Gasteiger partial charge in [0.15, 0.2) is 5.16 Å². The molecule has 1 heterocycles. The summed E-state index contributed by atoms with van der Waals surface area (Å²) in [5.74, 6) is 0.607. The zero-order valence-corrected chi connectivity index (χ0v) is 13.2. The maximum Gasteiger partial charge on any atom is 0.224 e. The molecule has 0 saturated carbocycles. The number of thioether (sulfide) groups is 1. The third kappa shape index (κ3) is 4.80. The van der Waals surface area contributed by atoms with E-state index in [4.69, 9.17) is 28.9 Å². The number of benzene rings is 1. The van der Waals surface area contributed by atoms with Crippen molar-refractivity contribution in [1.82, 2.24) is 15.2 Å². The van der Waals surface area contributed by atoms with E-state index in [-0.39, 0.29) is 5.91 Å². The maximum atomic E-state index is 11.9. The molecule has 2 aromatic rings. The molecule has 0 unspecified atom stereocenters. The molecule has 0 aliphatic heterocycles. The Hall–Kier alpha value is -1.44. The van der Waals surface area contributed by atoms with Gasteiger partial charge in [0.2, 0.25) is 5.91 Å². The number of hydrogen-bond acceptors (Lipinski definition) is 5. The van der Waals surface area contributed by atoms with Crippen LogP contribution < -0.4 is 11.1 Å². The summed E-state index contributed by atoms with van der Waals surface area (Å²) in [5.41, 5.74) is 6.52. The Labute approximate surface area is 135 Å². The number of halogens is 2. The van der Waals surface area contributed by atoms with E-state index in [0.717, 1.165) is 10.9 Å². The van der Waals surface area contributed by atoms with Crippen molar-refractivity contribution in [2.75, 3.05) is 16.8 Å². The van der Waals surface area contributed by atoms with Crippen molar-refractivity contribution < 1.29 is 4.79 Å². The molecule has 2 rings (SSSR count). The number of nitrogen functional groups attached to an aromatic ring is 1. The Bertz CT molecular complexity index is 597. The minimum Gasteiger partial charge on any atom is -0.397 e. The summed E-state index contributed by atoms with van der Waals surface area (Å²) in [4.78, 5) is 15.8. The lowest BCUT2D eigenvalue weighted by molar-refractivity contribution is -0.116. The fraction of sp³-hybridized carbons (Fsp3) is 0.250. The molecule has 112 valence electrons. The average molecular weight is 346 g/mol. The number of nitrogens with two attached hydrogens (primary N) is 1. The molecular formula is C12H13Cl2N5OS. The first-order valence-corrected chi connectivity index (χ1v) is 7.83. The molecule has 0 fully saturated rings. The van der Waals surface area contributed by atoms with Crippen molar-refractivity contribution >= 4 is 52.2 Å². The summed E-state index contributed by atoms with van der Waals surface area (Å²) < 4.78 is 0. The lowest BCUT2D eigenvalue weighted by Gasteiger charge is -2.10. The van der Waals surface area contributed by atoms with Crippen molar-refractivity contribution in [2.45, 2.75) is 18.0 Å². The van der Waals surface area contributed by atoms with Crippen LogP contribution >= 0.6 is 35.0 Å². The molecule has 0 spiro atoms. The first kappa shape index (κ1) is 15.9. The molecule has 1 aromatic carbocycles. The van der Waals surface area contributed by atoms with E-state index in [9.17, 15) is 4.79 Å². The molecule has 6 nitrogen and oxygen atoms in total. The highest BCUT2D eigenvalue weighted by molar-refractivity contribution is 7.99. The number of nitrogens with one attached hydrogen (secondary N) is 2. The lowest BCUT2D eigenvalue weighted by atomic mass is 10.2. The Morgan fingerprint density at radius 2 is 2.24 bits per heavy atom. The number of amides is 1. The lowest BCUT2D eigenvalue weighted by Crippen LogP contribution is -2.13. The fourth-order valence-corrected chi connectivity index (χ4v) is 2.87. The molecule has 0 radical (unpaired) electrons. The van der Waals surface area contributed by atoms with Gasteiger partial charge < -0.3 is 11.1 Å². The van der Waals surface area contributed by atoms with Gasteiger partial charge in [-0.1, -0.05) is 35.0 Å². The van der Waals surface area contributed by atoms with E-state index in [1.165, 1.54) is 24.2 Å². The van der Waals surface area contributed by atoms with Crippen molar-refractivity contribution in [3.05, 3.63) is 28.5 Å². The Morgan fingerprint density at radius 3 is 2.90 bits per heavy atom. The monoisotopic (exact) mass is 345 g/mol. The third-order valence-corrected chi connectivity index (χ3v) is 4.01. The number of carbonyl (C=O) groups is 1. The second-order valence-electron chi connectivity index (χ2n) is 4.14. The van der Waals surface area contributed by atoms with Crippen molar-refractivity contribution in [2.24, 2.45) is 0 Å². The molecule has 9 heteroatoms. The molecule has 0 aliphatic carbocycles. The highest BCUT2D eigenvalue weighted by atomic mass is 35.5. The van der Waals surface area contributed by atoms with E-state index in [2.05, 4.69) is 20.5 Å². The van der Waals surface area contributed by atoms with Crippen LogP contribution in [0.1, 0.15) is 12.8 Å². The predicted molar refractivity (Wildman–Crippen MR) is 85.8 cm³/mol. The Kier molecular flexibility index (Phi) is 5.72. The van der Waals surface area contributed by atoms with Gasteiger partial charge in [-0.2, -0.15) is 5.10 Å². The van der Waals surface area contributed by atoms with Crippen LogP contribution in [0.15, 0.2) is 23.6 Å². The largest absolute Gasteiger partial charge is 0.397 e. The Morgan fingerprint density at radius 1 is 1.43 bits per heavy atom. The number of carbonyl (C=O) groups excluding carboxylic acids is 1. The topological polar surface area (TPSA) is 96.7 Å². The molecular weight excluding hydrogens is 333 g/mol. The first-order chi connectivity index (χ1) is 10.1. The van der Waals surface area contributed by atoms with Gasteiger partial charge in [0.25, 0.3) is 0 Å². The van der Waals surface area contributed by atoms with Crippen LogP contribution in [-0.2, 0) is 4.79 Å². The standard InChI is InChI=1S/C12H13Cl2N5OS/c13-7-4-8(14)11(9(15)5-7)18-10(20)2-1-3-21-12-16-6-17-19-12/h4-6H,1-3,15H2,(H,18,20)(H,16,17,19). The average Bonchev–Trinajstić information content (AvgIpc) is 2.92. The zero-order chi connectivity index (χ0) is 15.2. The van der Waals surface area contributed by atoms with E-state index in [0.29, 0.717) is 34.3 Å². The summed E-state index contributed by atoms with van der Waals surface area (Å²) in [6, 6.07) is 3.08. The van der Waals surface area contributed by atoms with Crippen LogP contribution in [0.5, 0.6) is 0 Å². The number of nitrogens with zero attached hydrogens (tertiary/aromatic N) is 2. The van der Waals surface area contributed by atoms with Crippen LogP contribution in [0.25, 0.3) is 0 Å². The van der Waals surface area contributed by atoms with Gasteiger partial charge >= 0.3 is 0 Å². The van der Waals surface area contributed by atoms with Crippen LogP contribution in [0, 0.1) is 0 Å². The van der Waals surface area contributed by atoms with E-state index in [1.54, 1.807) is 6.07 Å². The van der Waals surface area contributed by atoms with Gasteiger partial charge in [-0.25, -0.2) is 4.98 Å². The quantitative estimate of drug-likeness (QED) is 0.424. The van der Waals surface area contributed by atoms with Gasteiger partial charge in [-0.05, 0) is 18.6 Å². The molecule has 0 saturated heterocycles. The van der Waals surface area contributed by atoms with Gasteiger partial charge in [-0.15, -0.1) is 0 Å². The molecule has 1 aromatic heterocycles. The van der Waals surface area contributed by atoms with Gasteiger partial charge in [-0.3, -0.25) is 9.89 Å². The summed E-state index contributed by atoms with van der Waals surface area (Å²) in [5, 5.41) is 10.7. The number of aromatic amines is 1. The summed E-state index contributed by atoms with van der Waals surface area (Å²) in [7, 11) is 0. The number of aromatic nitrogens is 3. The van der Waals surface area contributed by atoms with Gasteiger partial charge in [0.1, 0.15) is 6.33 Å². The third-order valence-electron chi connectivity index (χ3n) is 2.53. The van der Waals surface area contributed by atoms with E-state index in [1.807, 2.05) is 0 Å². The van der Waals surface area contributed by atoms with Crippen LogP contribution in [0.2, 0.25) is 10.0 Å². The predicted octanol–water partition coefficient (Wildman–Crippen LogP) is 3.20. The fourth-order valence-electron chi connectivity index (χ4n) is 1.59. The minimum absolute atomic E-state index is 0.149. The normalized spacial score (nSPS) is 10.6. The molecule has 4 N–H and O–H groups in total. The molecule has 0 aliphatic rings. The smallest absolute Gasteiger partial charge is 0.224 e. The van der Waals surface area contributed by atoms with Crippen molar-refractivity contribution in [3.8, 4) is 0 Å². The van der Waals surface area contributed by atoms with Crippen LogP contribution in [0.4, 0.5) is 11.4 Å². The number of H-pyrrole nitrogens is 1. The first-order valence-electron chi connectivity index (χ1n) is 6.09. The highest BCUT2D eigenvalue weighted by Gasteiger charge is 2.10. The molecule has 0 atom stereocenters. The number of rotatable bonds is 6. The molecule has 1 amide bonds. The summed E-state index contributed by atoms with van der Waals surface area (Å²) in [6.45, 7) is 0. The van der Waals surface area contributed by atoms with E-state index < -0.39 is 0 Å². The van der Waals surface area contributed by atoms with Crippen LogP contribution in [0.3, 0.4) is 0 Å². The number of hydrogen-bond donors (Lipinski definition) is 3.